The van der Waals surface area contributed by atoms with Crippen LogP contribution in [0.4, 0.5) is 0 Å². The van der Waals surface area contributed by atoms with Crippen LogP contribution in [-0.2, 0) is 38.1 Å². The smallest absolute Gasteiger partial charge is 0.338 e. The predicted octanol–water partition coefficient (Wildman–Crippen LogP) is 5.25. The standard InChI is InChI=1S/C32H46N8O10/c1-23(49-27(45)12-16-31(5,22-35)38-37-29(3,20-33)14-10-25(41)42)47-18-8-9-19-48-24(2)50-28(46)13-17-32(6,36-7)40-39-30(4,21-34)15-11-26(43)44/h23-24H,8-19H2,1-6H3,(H,41,42)(H,43,44). The lowest BCUT2D eigenvalue weighted by atomic mass is 9.97. The highest BCUT2D eigenvalue weighted by atomic mass is 16.7. The number of aliphatic carboxylic acids is 2. The molecule has 0 saturated heterocycles. The molecule has 0 aliphatic heterocycles. The zero-order valence-electron chi connectivity index (χ0n) is 29.4. The highest BCUT2D eigenvalue weighted by Gasteiger charge is 2.34. The largest absolute Gasteiger partial charge is 0.481 e. The van der Waals surface area contributed by atoms with Gasteiger partial charge >= 0.3 is 29.5 Å². The van der Waals surface area contributed by atoms with Crippen LogP contribution in [0.15, 0.2) is 20.5 Å². The van der Waals surface area contributed by atoms with Crippen molar-refractivity contribution >= 4 is 23.9 Å². The number of ether oxygens (including phenoxy) is 4. The molecule has 50 heavy (non-hydrogen) atoms. The predicted molar refractivity (Wildman–Crippen MR) is 171 cm³/mol. The minimum absolute atomic E-state index is 0.0487. The first-order valence-corrected chi connectivity index (χ1v) is 15.8. The van der Waals surface area contributed by atoms with Gasteiger partial charge in [-0.1, -0.05) is 0 Å². The Bertz CT molecular complexity index is 1290. The van der Waals surface area contributed by atoms with Crippen LogP contribution in [0.2, 0.25) is 0 Å². The lowest BCUT2D eigenvalue weighted by molar-refractivity contribution is -0.178. The molecule has 0 aromatic rings. The van der Waals surface area contributed by atoms with Crippen molar-refractivity contribution in [1.82, 2.24) is 0 Å². The van der Waals surface area contributed by atoms with Crippen molar-refractivity contribution in [1.29, 1.82) is 15.8 Å². The Morgan fingerprint density at radius 1 is 0.660 bits per heavy atom. The molecule has 0 aromatic carbocycles. The summed E-state index contributed by atoms with van der Waals surface area (Å²) >= 11 is 0. The zero-order chi connectivity index (χ0) is 38.4. The summed E-state index contributed by atoms with van der Waals surface area (Å²) in [6.45, 7) is 16.6. The normalized spacial score (nSPS) is 17.2. The van der Waals surface area contributed by atoms with Crippen LogP contribution in [0, 0.1) is 40.6 Å². The molecule has 0 aliphatic carbocycles. The van der Waals surface area contributed by atoms with Gasteiger partial charge in [0.1, 0.15) is 0 Å². The minimum Gasteiger partial charge on any atom is -0.481 e. The molecule has 18 heteroatoms. The number of esters is 2. The molecule has 0 spiro atoms. The molecule has 18 nitrogen and oxygen atoms in total. The second kappa shape index (κ2) is 21.8. The summed E-state index contributed by atoms with van der Waals surface area (Å²) in [6, 6.07) is 5.73. The Morgan fingerprint density at radius 3 is 1.34 bits per heavy atom. The lowest BCUT2D eigenvalue weighted by Gasteiger charge is -2.19. The molecule has 6 unspecified atom stereocenters. The van der Waals surface area contributed by atoms with E-state index in [1.165, 1.54) is 41.5 Å². The first-order valence-electron chi connectivity index (χ1n) is 15.8. The first kappa shape index (κ1) is 45.0. The molecule has 0 bridgehead atoms. The maximum atomic E-state index is 12.3. The number of carboxylic acid groups (broad SMARTS) is 2. The molecule has 0 fully saturated rings. The summed E-state index contributed by atoms with van der Waals surface area (Å²) in [4.78, 5) is 49.6. The van der Waals surface area contributed by atoms with E-state index in [2.05, 4.69) is 25.3 Å². The van der Waals surface area contributed by atoms with E-state index >= 15 is 0 Å². The van der Waals surface area contributed by atoms with Gasteiger partial charge in [0.25, 0.3) is 0 Å². The van der Waals surface area contributed by atoms with E-state index in [0.29, 0.717) is 12.8 Å². The summed E-state index contributed by atoms with van der Waals surface area (Å²) in [5.74, 6) is -3.46. The third-order valence-electron chi connectivity index (χ3n) is 7.05. The monoisotopic (exact) mass is 702 g/mol. The number of rotatable bonds is 25. The summed E-state index contributed by atoms with van der Waals surface area (Å²) in [5, 5.41) is 61.6. The van der Waals surface area contributed by atoms with Crippen LogP contribution in [-0.4, -0.2) is 82.2 Å². The minimum atomic E-state index is -1.45. The van der Waals surface area contributed by atoms with Gasteiger partial charge in [-0.3, -0.25) is 24.0 Å². The molecule has 0 radical (unpaired) electrons. The molecular formula is C32H46N8O10. The number of carbonyl (C=O) groups is 4. The number of carbonyl (C=O) groups excluding carboxylic acids is 2. The van der Waals surface area contributed by atoms with Gasteiger partial charge < -0.3 is 29.2 Å². The quantitative estimate of drug-likeness (QED) is 0.0404. The SMILES string of the molecule is [C-]#[N+]C(C)(CCC(=O)OC(C)OCCCCOC(C)OC(=O)CCC(C)(C#N)N=NC(C)(C#N)CCC(=O)O)N=NC(C)(C#N)CCC(=O)O. The highest BCUT2D eigenvalue weighted by molar-refractivity contribution is 5.70. The summed E-state index contributed by atoms with van der Waals surface area (Å²) < 4.78 is 21.4. The Hall–Kier alpha value is -5.04. The molecule has 274 valence electrons. The fourth-order valence-electron chi connectivity index (χ4n) is 3.60. The third kappa shape index (κ3) is 19.7. The number of nitrogens with zero attached hydrogens (tertiary/aromatic N) is 8. The van der Waals surface area contributed by atoms with E-state index in [4.69, 9.17) is 35.7 Å². The molecule has 0 heterocycles. The van der Waals surface area contributed by atoms with Crippen molar-refractivity contribution in [2.24, 2.45) is 20.5 Å². The summed E-state index contributed by atoms with van der Waals surface area (Å²) in [6.07, 6.45) is -1.94. The summed E-state index contributed by atoms with van der Waals surface area (Å²) in [5.41, 5.74) is -5.74. The van der Waals surface area contributed by atoms with Gasteiger partial charge in [-0.25, -0.2) is 6.57 Å². The third-order valence-corrected chi connectivity index (χ3v) is 7.05. The van der Waals surface area contributed by atoms with E-state index in [0.717, 1.165) is 0 Å². The number of unbranched alkanes of at least 4 members (excludes halogenated alkanes) is 1. The van der Waals surface area contributed by atoms with Crippen molar-refractivity contribution in [3.8, 4) is 18.2 Å². The molecular weight excluding hydrogens is 656 g/mol. The Labute approximate surface area is 291 Å². The van der Waals surface area contributed by atoms with E-state index < -0.39 is 58.7 Å². The zero-order valence-corrected chi connectivity index (χ0v) is 29.4. The van der Waals surface area contributed by atoms with Crippen molar-refractivity contribution in [3.05, 3.63) is 11.4 Å². The van der Waals surface area contributed by atoms with Gasteiger partial charge in [-0.15, -0.1) is 5.11 Å². The Balaban J connectivity index is 4.49. The molecule has 0 rings (SSSR count). The molecule has 0 aliphatic rings. The van der Waals surface area contributed by atoms with Crippen molar-refractivity contribution in [3.63, 3.8) is 0 Å². The average Bonchev–Trinajstić information content (AvgIpc) is 3.07. The number of azo groups is 2. The van der Waals surface area contributed by atoms with Crippen LogP contribution in [0.25, 0.3) is 4.85 Å². The summed E-state index contributed by atoms with van der Waals surface area (Å²) in [7, 11) is 0. The van der Waals surface area contributed by atoms with Crippen LogP contribution in [0.3, 0.4) is 0 Å². The van der Waals surface area contributed by atoms with Gasteiger partial charge in [0.15, 0.2) is 29.2 Å². The second-order valence-corrected chi connectivity index (χ2v) is 12.2. The van der Waals surface area contributed by atoms with Crippen molar-refractivity contribution in [2.75, 3.05) is 13.2 Å². The van der Waals surface area contributed by atoms with Crippen LogP contribution >= 0.6 is 0 Å². The number of carboxylic acids is 2. The van der Waals surface area contributed by atoms with Crippen LogP contribution < -0.4 is 0 Å². The van der Waals surface area contributed by atoms with E-state index in [1.54, 1.807) is 0 Å². The maximum absolute atomic E-state index is 12.3. The van der Waals surface area contributed by atoms with Crippen LogP contribution in [0.1, 0.15) is 106 Å². The Kier molecular flexibility index (Phi) is 19.6. The van der Waals surface area contributed by atoms with Crippen LogP contribution in [0.5, 0.6) is 0 Å². The number of hydrogen-bond donors (Lipinski definition) is 2. The van der Waals surface area contributed by atoms with Gasteiger partial charge in [0.2, 0.25) is 0 Å². The second-order valence-electron chi connectivity index (χ2n) is 12.2. The first-order chi connectivity index (χ1) is 23.3. The number of hydrogen-bond acceptors (Lipinski definition) is 15. The molecule has 0 aromatic heterocycles. The molecule has 2 N–H and O–H groups in total. The number of nitriles is 3. The molecule has 6 atom stereocenters. The van der Waals surface area contributed by atoms with E-state index in [9.17, 15) is 35.0 Å². The fraction of sp³-hybridized carbons (Fsp3) is 0.750. The van der Waals surface area contributed by atoms with Gasteiger partial charge in [0, 0.05) is 26.2 Å². The van der Waals surface area contributed by atoms with Gasteiger partial charge in [-0.2, -0.15) is 31.1 Å². The Morgan fingerprint density at radius 2 is 1.00 bits per heavy atom. The van der Waals surface area contributed by atoms with Crippen molar-refractivity contribution < 1.29 is 48.3 Å². The molecule has 0 amide bonds. The van der Waals surface area contributed by atoms with Crippen molar-refractivity contribution in [2.45, 2.75) is 141 Å². The topological polar surface area (TPSA) is 271 Å². The lowest BCUT2D eigenvalue weighted by Crippen LogP contribution is -2.26. The van der Waals surface area contributed by atoms with Gasteiger partial charge in [-0.05, 0) is 66.7 Å². The highest BCUT2D eigenvalue weighted by Crippen LogP contribution is 2.26. The van der Waals surface area contributed by atoms with E-state index in [-0.39, 0.29) is 64.6 Å². The average molecular weight is 703 g/mol. The fourth-order valence-corrected chi connectivity index (χ4v) is 3.60. The molecule has 0 saturated carbocycles. The maximum Gasteiger partial charge on any atom is 0.338 e. The van der Waals surface area contributed by atoms with Gasteiger partial charge in [0.05, 0.1) is 44.3 Å². The van der Waals surface area contributed by atoms with E-state index in [1.807, 2.05) is 18.2 Å².